The normalized spacial score (nSPS) is 13.7. The molecule has 3 heterocycles. The van der Waals surface area contributed by atoms with E-state index >= 15 is 0 Å². The van der Waals surface area contributed by atoms with Crippen LogP contribution in [0.4, 0.5) is 16.2 Å². The van der Waals surface area contributed by atoms with Crippen molar-refractivity contribution in [1.29, 1.82) is 0 Å². The fourth-order valence-electron chi connectivity index (χ4n) is 5.57. The van der Waals surface area contributed by atoms with Crippen LogP contribution in [0.3, 0.4) is 0 Å². The molecule has 13 heteroatoms. The van der Waals surface area contributed by atoms with Gasteiger partial charge in [-0.25, -0.2) is 4.79 Å². The van der Waals surface area contributed by atoms with E-state index in [1.807, 2.05) is 35.8 Å². The van der Waals surface area contributed by atoms with Gasteiger partial charge in [-0.05, 0) is 89.1 Å². The van der Waals surface area contributed by atoms with Crippen molar-refractivity contribution in [1.82, 2.24) is 14.8 Å². The van der Waals surface area contributed by atoms with Gasteiger partial charge >= 0.3 is 12.1 Å². The summed E-state index contributed by atoms with van der Waals surface area (Å²) in [4.78, 5) is 45.0. The number of amides is 2. The molecule has 3 aromatic carbocycles. The van der Waals surface area contributed by atoms with Crippen molar-refractivity contribution >= 4 is 58.0 Å². The molecule has 0 radical (unpaired) electrons. The molecule has 6 rings (SSSR count). The Balaban J connectivity index is 1.14. The largest absolute Gasteiger partial charge is 0.461 e. The van der Waals surface area contributed by atoms with E-state index in [2.05, 4.69) is 34.7 Å². The maximum Gasteiger partial charge on any atom is 0.412 e. The molecule has 51 heavy (non-hydrogen) atoms. The molecule has 0 bridgehead atoms. The zero-order chi connectivity index (χ0) is 36.4. The number of benzene rings is 3. The number of rotatable bonds is 8. The van der Waals surface area contributed by atoms with E-state index in [0.717, 1.165) is 32.3 Å². The number of nitrogens with zero attached hydrogens (tertiary/aromatic N) is 4. The summed E-state index contributed by atoms with van der Waals surface area (Å²) in [5, 5.41) is 15.9. The second-order valence-corrected chi connectivity index (χ2v) is 14.7. The minimum Gasteiger partial charge on any atom is -0.461 e. The Hall–Kier alpha value is -5.33. The number of carbonyl (C=O) groups excluding carboxylic acids is 3. The lowest BCUT2D eigenvalue weighted by Crippen LogP contribution is -2.27. The molecule has 5 aromatic rings. The second-order valence-electron chi connectivity index (χ2n) is 13.1. The molecule has 0 spiro atoms. The Morgan fingerprint density at radius 3 is 2.24 bits per heavy atom. The Morgan fingerprint density at radius 2 is 1.57 bits per heavy atom. The number of aliphatic imine (C=N–C) groups is 1. The number of thiophene rings is 1. The van der Waals surface area contributed by atoms with Gasteiger partial charge in [-0.2, -0.15) is 0 Å². The summed E-state index contributed by atoms with van der Waals surface area (Å²) in [7, 11) is 0. The van der Waals surface area contributed by atoms with E-state index in [-0.39, 0.29) is 18.9 Å². The number of hydrogen-bond donors (Lipinski definition) is 2. The maximum atomic E-state index is 13.3. The molecule has 11 nitrogen and oxygen atoms in total. The van der Waals surface area contributed by atoms with Crippen LogP contribution in [0.15, 0.2) is 77.8 Å². The number of hydrogen-bond acceptors (Lipinski definition) is 9. The summed E-state index contributed by atoms with van der Waals surface area (Å²) in [6.45, 7) is 11.3. The van der Waals surface area contributed by atoms with Crippen molar-refractivity contribution < 1.29 is 23.9 Å². The number of aryl methyl sites for hydroxylation is 2. The summed E-state index contributed by atoms with van der Waals surface area (Å²) in [6.07, 6.45) is -0.686. The molecule has 262 valence electrons. The van der Waals surface area contributed by atoms with Crippen molar-refractivity contribution in [3.05, 3.63) is 122 Å². The fourth-order valence-corrected chi connectivity index (χ4v) is 6.91. The summed E-state index contributed by atoms with van der Waals surface area (Å²) in [6, 6.07) is 20.4. The lowest BCUT2D eigenvalue weighted by Gasteiger charge is -2.20. The van der Waals surface area contributed by atoms with Crippen molar-refractivity contribution in [2.75, 3.05) is 10.6 Å². The van der Waals surface area contributed by atoms with Gasteiger partial charge in [0.15, 0.2) is 5.82 Å². The van der Waals surface area contributed by atoms with Crippen LogP contribution in [0.2, 0.25) is 5.02 Å². The first kappa shape index (κ1) is 35.5. The third-order valence-electron chi connectivity index (χ3n) is 8.14. The molecule has 0 fully saturated rings. The van der Waals surface area contributed by atoms with Gasteiger partial charge in [-0.3, -0.25) is 24.5 Å². The van der Waals surface area contributed by atoms with Gasteiger partial charge in [0.1, 0.15) is 29.1 Å². The summed E-state index contributed by atoms with van der Waals surface area (Å²) >= 11 is 7.85. The first-order chi connectivity index (χ1) is 24.3. The van der Waals surface area contributed by atoms with E-state index in [9.17, 15) is 14.4 Å². The molecule has 2 amide bonds. The molecule has 2 N–H and O–H groups in total. The summed E-state index contributed by atoms with van der Waals surface area (Å²) < 4.78 is 13.0. The quantitative estimate of drug-likeness (QED) is 0.153. The van der Waals surface area contributed by atoms with E-state index < -0.39 is 23.7 Å². The summed E-state index contributed by atoms with van der Waals surface area (Å²) in [5.74, 6) is 0.429. The number of fused-ring (bicyclic) bond motifs is 3. The Morgan fingerprint density at radius 1 is 0.902 bits per heavy atom. The van der Waals surface area contributed by atoms with Crippen molar-refractivity contribution in [3.63, 3.8) is 0 Å². The predicted octanol–water partition coefficient (Wildman–Crippen LogP) is 8.53. The van der Waals surface area contributed by atoms with Crippen LogP contribution in [-0.2, 0) is 20.9 Å². The molecule has 0 saturated heterocycles. The average molecular weight is 725 g/mol. The van der Waals surface area contributed by atoms with Crippen LogP contribution in [0.5, 0.6) is 0 Å². The van der Waals surface area contributed by atoms with Crippen molar-refractivity contribution in [2.24, 2.45) is 4.99 Å². The van der Waals surface area contributed by atoms with Crippen LogP contribution < -0.4 is 10.6 Å². The minimum atomic E-state index is -0.671. The van der Waals surface area contributed by atoms with E-state index in [1.54, 1.807) is 80.6 Å². The van der Waals surface area contributed by atoms with Crippen LogP contribution in [-0.4, -0.2) is 44.0 Å². The number of halogens is 1. The number of para-hydroxylation sites is 2. The van der Waals surface area contributed by atoms with Gasteiger partial charge in [0, 0.05) is 26.6 Å². The van der Waals surface area contributed by atoms with Gasteiger partial charge < -0.3 is 14.8 Å². The highest BCUT2D eigenvalue weighted by atomic mass is 35.5. The molecule has 0 unspecified atom stereocenters. The number of anilines is 2. The molecular weight excluding hydrogens is 688 g/mol. The van der Waals surface area contributed by atoms with Crippen LogP contribution in [0.1, 0.15) is 82.4 Å². The molecule has 1 aliphatic rings. The number of nitrogens with one attached hydrogen (secondary N) is 2. The summed E-state index contributed by atoms with van der Waals surface area (Å²) in [5.41, 5.74) is 4.94. The third-order valence-corrected chi connectivity index (χ3v) is 9.59. The van der Waals surface area contributed by atoms with E-state index in [4.69, 9.17) is 26.1 Å². The zero-order valence-electron chi connectivity index (χ0n) is 29.0. The smallest absolute Gasteiger partial charge is 0.412 e. The van der Waals surface area contributed by atoms with Crippen molar-refractivity contribution in [2.45, 2.75) is 66.2 Å². The highest BCUT2D eigenvalue weighted by Gasteiger charge is 2.33. The lowest BCUT2D eigenvalue weighted by molar-refractivity contribution is -0.145. The topological polar surface area (TPSA) is 137 Å². The molecular formula is C38H37ClN6O5S. The molecule has 1 atom stereocenters. The molecule has 2 aromatic heterocycles. The Kier molecular flexibility index (Phi) is 10.1. The number of esters is 1. The number of carbonyl (C=O) groups is 3. The van der Waals surface area contributed by atoms with E-state index in [0.29, 0.717) is 39.2 Å². The third kappa shape index (κ3) is 8.03. The molecule has 1 aliphatic heterocycles. The molecule has 0 saturated carbocycles. The monoisotopic (exact) mass is 724 g/mol. The predicted molar refractivity (Wildman–Crippen MR) is 198 cm³/mol. The average Bonchev–Trinajstić information content (AvgIpc) is 3.56. The minimum absolute atomic E-state index is 0.00120. The number of aromatic nitrogens is 3. The van der Waals surface area contributed by atoms with Crippen molar-refractivity contribution in [3.8, 4) is 5.00 Å². The first-order valence-electron chi connectivity index (χ1n) is 16.3. The number of ether oxygens (including phenoxy) is 2. The van der Waals surface area contributed by atoms with E-state index in [1.165, 1.54) is 0 Å². The second kappa shape index (κ2) is 14.5. The SMILES string of the molecule is Cc1sc2c(c1C)C(c1ccc(Cl)cc1)=N[C@@H](CC(=O)OCc1ccc(C(=O)Nc3ccccc3NC(=O)OC(C)(C)C)cc1)c1nnc(C)n1-2. The van der Waals surface area contributed by atoms with Crippen LogP contribution in [0, 0.1) is 20.8 Å². The van der Waals surface area contributed by atoms with Gasteiger partial charge in [0.05, 0.1) is 23.5 Å². The maximum absolute atomic E-state index is 13.3. The Bertz CT molecular complexity index is 2150. The standard InChI is InChI=1S/C38H37ClN6O5S/c1-21-22(2)51-36-32(21)33(25-15-17-27(39)18-16-25)40-30(34-44-43-23(3)45(34)36)19-31(46)49-20-24-11-13-26(14-12-24)35(47)41-28-9-7-8-10-29(28)42-37(48)50-38(4,5)6/h7-18,30H,19-20H2,1-6H3,(H,41,47)(H,42,48)/t30-/m0/s1. The molecule has 0 aliphatic carbocycles. The van der Waals surface area contributed by atoms with Crippen LogP contribution >= 0.6 is 22.9 Å². The van der Waals surface area contributed by atoms with Gasteiger partial charge in [0.25, 0.3) is 5.91 Å². The highest BCUT2D eigenvalue weighted by Crippen LogP contribution is 2.39. The van der Waals surface area contributed by atoms with Crippen LogP contribution in [0.25, 0.3) is 5.00 Å². The van der Waals surface area contributed by atoms with Gasteiger partial charge in [0.2, 0.25) is 0 Å². The highest BCUT2D eigenvalue weighted by molar-refractivity contribution is 7.15. The zero-order valence-corrected chi connectivity index (χ0v) is 30.6. The lowest BCUT2D eigenvalue weighted by atomic mass is 9.99. The fraction of sp³-hybridized carbons (Fsp3) is 0.263. The van der Waals surface area contributed by atoms with Gasteiger partial charge in [-0.1, -0.05) is 48.0 Å². The Labute approximate surface area is 304 Å². The van der Waals surface area contributed by atoms with Gasteiger partial charge in [-0.15, -0.1) is 21.5 Å². The first-order valence-corrected chi connectivity index (χ1v) is 17.5.